The lowest BCUT2D eigenvalue weighted by atomic mass is 10.3. The van der Waals surface area contributed by atoms with Gasteiger partial charge in [-0.25, -0.2) is 4.98 Å². The van der Waals surface area contributed by atoms with E-state index in [1.54, 1.807) is 0 Å². The van der Waals surface area contributed by atoms with E-state index in [9.17, 15) is 9.59 Å². The highest BCUT2D eigenvalue weighted by Gasteiger charge is 2.17. The molecule has 21 heavy (non-hydrogen) atoms. The Morgan fingerprint density at radius 2 is 2.19 bits per heavy atom. The monoisotopic (exact) mass is 322 g/mol. The maximum Gasteiger partial charge on any atom is 0.268 e. The third kappa shape index (κ3) is 2.56. The van der Waals surface area contributed by atoms with Gasteiger partial charge in [-0.05, 0) is 32.3 Å². The molecule has 3 aromatic heterocycles. The number of amides is 1. The first-order valence-corrected chi connectivity index (χ1v) is 8.11. The van der Waals surface area contributed by atoms with Crippen molar-refractivity contribution in [1.29, 1.82) is 0 Å². The third-order valence-electron chi connectivity index (χ3n) is 2.97. The van der Waals surface area contributed by atoms with Crippen LogP contribution >= 0.6 is 22.9 Å². The molecule has 6 nitrogen and oxygen atoms in total. The molecule has 8 heteroatoms. The number of aryl methyl sites for hydroxylation is 1. The standard InChI is InChI=1S/C13H14N4O2S2/c1-5(2)14-8(18)4-7-15-10-9-6(3)21-17-13(9)20-11(10)12(19)16-7/h5H,4H2,1-3H3,(H,14,18)(H,15,16,19). The highest BCUT2D eigenvalue weighted by atomic mass is 32.1. The summed E-state index contributed by atoms with van der Waals surface area (Å²) in [5.74, 6) is 0.232. The quantitative estimate of drug-likeness (QED) is 0.772. The zero-order valence-corrected chi connectivity index (χ0v) is 13.4. The second-order valence-electron chi connectivity index (χ2n) is 5.11. The fourth-order valence-electron chi connectivity index (χ4n) is 2.17. The van der Waals surface area contributed by atoms with Crippen molar-refractivity contribution in [2.45, 2.75) is 33.2 Å². The normalized spacial score (nSPS) is 11.6. The topological polar surface area (TPSA) is 87.7 Å². The van der Waals surface area contributed by atoms with Crippen LogP contribution in [-0.2, 0) is 11.2 Å². The third-order valence-corrected chi connectivity index (χ3v) is 4.91. The molecule has 0 bridgehead atoms. The number of H-pyrrole nitrogens is 1. The molecular weight excluding hydrogens is 308 g/mol. The molecule has 1 amide bonds. The first-order valence-electron chi connectivity index (χ1n) is 6.52. The van der Waals surface area contributed by atoms with Gasteiger partial charge in [0.25, 0.3) is 5.56 Å². The maximum absolute atomic E-state index is 12.1. The summed E-state index contributed by atoms with van der Waals surface area (Å²) in [6, 6.07) is 0.0594. The zero-order valence-electron chi connectivity index (χ0n) is 11.8. The van der Waals surface area contributed by atoms with Gasteiger partial charge < -0.3 is 10.3 Å². The Labute approximate surface area is 128 Å². The van der Waals surface area contributed by atoms with Gasteiger partial charge >= 0.3 is 0 Å². The molecule has 0 aliphatic carbocycles. The van der Waals surface area contributed by atoms with E-state index < -0.39 is 0 Å². The maximum atomic E-state index is 12.1. The molecule has 0 radical (unpaired) electrons. The van der Waals surface area contributed by atoms with Crippen LogP contribution in [0.25, 0.3) is 20.4 Å². The number of hydrogen-bond donors (Lipinski definition) is 2. The summed E-state index contributed by atoms with van der Waals surface area (Å²) in [6.45, 7) is 5.74. The number of carbonyl (C=O) groups is 1. The minimum Gasteiger partial charge on any atom is -0.354 e. The average Bonchev–Trinajstić information content (AvgIpc) is 2.90. The van der Waals surface area contributed by atoms with Crippen LogP contribution in [0.1, 0.15) is 24.5 Å². The molecule has 3 heterocycles. The number of aromatic amines is 1. The lowest BCUT2D eigenvalue weighted by Crippen LogP contribution is -2.32. The summed E-state index contributed by atoms with van der Waals surface area (Å²) in [6.07, 6.45) is 0.0668. The van der Waals surface area contributed by atoms with E-state index in [4.69, 9.17) is 0 Å². The van der Waals surface area contributed by atoms with Gasteiger partial charge in [0.05, 0.1) is 17.3 Å². The number of nitrogens with zero attached hydrogens (tertiary/aromatic N) is 2. The molecule has 0 saturated carbocycles. The second-order valence-corrected chi connectivity index (χ2v) is 7.09. The molecule has 0 atom stereocenters. The molecule has 3 rings (SSSR count). The van der Waals surface area contributed by atoms with E-state index in [1.807, 2.05) is 20.8 Å². The van der Waals surface area contributed by atoms with Crippen LogP contribution in [0.3, 0.4) is 0 Å². The van der Waals surface area contributed by atoms with Gasteiger partial charge in [-0.3, -0.25) is 9.59 Å². The largest absolute Gasteiger partial charge is 0.354 e. The lowest BCUT2D eigenvalue weighted by Gasteiger charge is -2.07. The second kappa shape index (κ2) is 5.19. The van der Waals surface area contributed by atoms with E-state index in [-0.39, 0.29) is 23.9 Å². The highest BCUT2D eigenvalue weighted by Crippen LogP contribution is 2.33. The van der Waals surface area contributed by atoms with Crippen molar-refractivity contribution in [3.8, 4) is 0 Å². The predicted octanol–water partition coefficient (Wildman–Crippen LogP) is 1.97. The van der Waals surface area contributed by atoms with Crippen LogP contribution in [0.2, 0.25) is 0 Å². The van der Waals surface area contributed by atoms with Crippen molar-refractivity contribution in [1.82, 2.24) is 19.7 Å². The van der Waals surface area contributed by atoms with Crippen LogP contribution in [0.4, 0.5) is 0 Å². The molecule has 0 aliphatic rings. The molecule has 0 aliphatic heterocycles. The van der Waals surface area contributed by atoms with Crippen LogP contribution < -0.4 is 10.9 Å². The lowest BCUT2D eigenvalue weighted by molar-refractivity contribution is -0.121. The van der Waals surface area contributed by atoms with E-state index in [1.165, 1.54) is 22.9 Å². The molecule has 0 aromatic carbocycles. The van der Waals surface area contributed by atoms with Crippen molar-refractivity contribution in [3.63, 3.8) is 0 Å². The minimum atomic E-state index is -0.209. The summed E-state index contributed by atoms with van der Waals surface area (Å²) in [7, 11) is 0. The number of fused-ring (bicyclic) bond motifs is 3. The predicted molar refractivity (Wildman–Crippen MR) is 85.1 cm³/mol. The molecule has 0 unspecified atom stereocenters. The Balaban J connectivity index is 2.08. The molecule has 110 valence electrons. The molecule has 0 saturated heterocycles. The summed E-state index contributed by atoms with van der Waals surface area (Å²) in [4.78, 5) is 33.0. The van der Waals surface area contributed by atoms with Crippen LogP contribution in [0.5, 0.6) is 0 Å². The van der Waals surface area contributed by atoms with E-state index in [0.717, 1.165) is 15.1 Å². The van der Waals surface area contributed by atoms with Crippen molar-refractivity contribution in [2.75, 3.05) is 0 Å². The summed E-state index contributed by atoms with van der Waals surface area (Å²) >= 11 is 2.74. The smallest absolute Gasteiger partial charge is 0.268 e. The number of nitrogens with one attached hydrogen (secondary N) is 2. The van der Waals surface area contributed by atoms with E-state index in [2.05, 4.69) is 19.7 Å². The van der Waals surface area contributed by atoms with Crippen molar-refractivity contribution in [2.24, 2.45) is 0 Å². The SMILES string of the molecule is Cc1snc2sc3c(=O)[nH]c(CC(=O)NC(C)C)nc3c12. The summed E-state index contributed by atoms with van der Waals surface area (Å²) < 4.78 is 4.88. The Bertz CT molecular complexity index is 891. The van der Waals surface area contributed by atoms with Gasteiger partial charge in [-0.1, -0.05) is 0 Å². The van der Waals surface area contributed by atoms with Crippen molar-refractivity contribution in [3.05, 3.63) is 21.1 Å². The van der Waals surface area contributed by atoms with Gasteiger partial charge in [0, 0.05) is 10.9 Å². The first-order chi connectivity index (χ1) is 9.95. The number of thiophene rings is 1. The van der Waals surface area contributed by atoms with Gasteiger partial charge in [-0.2, -0.15) is 4.37 Å². The summed E-state index contributed by atoms with van der Waals surface area (Å²) in [5.41, 5.74) is 0.442. The molecule has 3 aromatic rings. The Morgan fingerprint density at radius 3 is 2.90 bits per heavy atom. The number of rotatable bonds is 3. The van der Waals surface area contributed by atoms with Gasteiger partial charge in [-0.15, -0.1) is 11.3 Å². The fraction of sp³-hybridized carbons (Fsp3) is 0.385. The zero-order chi connectivity index (χ0) is 15.1. The van der Waals surface area contributed by atoms with E-state index in [0.29, 0.717) is 16.0 Å². The van der Waals surface area contributed by atoms with Gasteiger partial charge in [0.15, 0.2) is 0 Å². The Hall–Kier alpha value is -1.80. The van der Waals surface area contributed by atoms with Crippen molar-refractivity contribution >= 4 is 49.2 Å². The number of carbonyl (C=O) groups excluding carboxylic acids is 1. The highest BCUT2D eigenvalue weighted by molar-refractivity contribution is 7.27. The molecule has 0 fully saturated rings. The Kier molecular flexibility index (Phi) is 3.50. The van der Waals surface area contributed by atoms with Crippen LogP contribution in [-0.4, -0.2) is 26.3 Å². The number of aromatic nitrogens is 3. The van der Waals surface area contributed by atoms with Crippen molar-refractivity contribution < 1.29 is 4.79 Å². The molecule has 0 spiro atoms. The molecular formula is C13H14N4O2S2. The molecule has 2 N–H and O–H groups in total. The van der Waals surface area contributed by atoms with E-state index >= 15 is 0 Å². The van der Waals surface area contributed by atoms with Gasteiger partial charge in [0.1, 0.15) is 15.4 Å². The van der Waals surface area contributed by atoms with Gasteiger partial charge in [0.2, 0.25) is 5.91 Å². The minimum absolute atomic E-state index is 0.0594. The fourth-order valence-corrected chi connectivity index (χ4v) is 4.02. The average molecular weight is 322 g/mol. The Morgan fingerprint density at radius 1 is 1.43 bits per heavy atom. The van der Waals surface area contributed by atoms with Crippen LogP contribution in [0.15, 0.2) is 4.79 Å². The van der Waals surface area contributed by atoms with Crippen LogP contribution in [0, 0.1) is 6.92 Å². The first kappa shape index (κ1) is 14.2. The number of hydrogen-bond acceptors (Lipinski definition) is 6. The summed E-state index contributed by atoms with van der Waals surface area (Å²) in [5, 5.41) is 3.71.